The zero-order valence-corrected chi connectivity index (χ0v) is 13.5. The predicted octanol–water partition coefficient (Wildman–Crippen LogP) is 3.13. The third-order valence-corrected chi connectivity index (χ3v) is 11.3. The lowest BCUT2D eigenvalue weighted by Gasteiger charge is -2.42. The van der Waals surface area contributed by atoms with Gasteiger partial charge in [0.05, 0.1) is 14.1 Å². The largest absolute Gasteiger partial charge is 0.452 e. The number of hydrogen-bond acceptors (Lipinski definition) is 3. The molecule has 0 amide bonds. The van der Waals surface area contributed by atoms with Crippen LogP contribution in [-0.4, -0.2) is 25.2 Å². The summed E-state index contributed by atoms with van der Waals surface area (Å²) in [6.07, 6.45) is 0.189. The zero-order valence-electron chi connectivity index (χ0n) is 12.5. The Labute approximate surface area is 113 Å². The molecule has 18 heavy (non-hydrogen) atoms. The van der Waals surface area contributed by atoms with Crippen LogP contribution in [0.3, 0.4) is 0 Å². The minimum Gasteiger partial charge on any atom is -0.427 e. The Morgan fingerprint density at radius 3 is 1.78 bits per heavy atom. The Morgan fingerprint density at radius 2 is 1.56 bits per heavy atom. The molecule has 5 heteroatoms. The molecule has 0 bridgehead atoms. The highest BCUT2D eigenvalue weighted by Gasteiger charge is 2.43. The molecule has 0 heterocycles. The van der Waals surface area contributed by atoms with Crippen LogP contribution in [0.1, 0.15) is 34.6 Å². The van der Waals surface area contributed by atoms with Crippen molar-refractivity contribution in [2.75, 3.05) is 0 Å². The lowest BCUT2D eigenvalue weighted by atomic mass is 9.76. The Kier molecular flexibility index (Phi) is 7.85. The fourth-order valence-corrected chi connectivity index (χ4v) is 8.95. The van der Waals surface area contributed by atoms with Crippen molar-refractivity contribution < 1.29 is 10.0 Å². The predicted molar refractivity (Wildman–Crippen MR) is 79.9 cm³/mol. The molecule has 0 aromatic heterocycles. The highest BCUT2D eigenvalue weighted by Crippen LogP contribution is 2.44. The molecule has 0 spiro atoms. The molecular formula is C13H28BNO2Si. The first-order valence-electron chi connectivity index (χ1n) is 7.14. The van der Waals surface area contributed by atoms with Gasteiger partial charge in [-0.15, -0.1) is 0 Å². The number of nitrogens with zero attached hydrogens (tertiary/aromatic N) is 1. The summed E-state index contributed by atoms with van der Waals surface area (Å²) >= 11 is 0. The van der Waals surface area contributed by atoms with E-state index in [4.69, 9.17) is 0 Å². The highest BCUT2D eigenvalue weighted by molar-refractivity contribution is 6.81. The molecule has 2 atom stereocenters. The first-order chi connectivity index (χ1) is 8.38. The summed E-state index contributed by atoms with van der Waals surface area (Å²) in [4.78, 5) is 0. The molecule has 104 valence electrons. The number of nitriles is 1. The SMILES string of the molecule is CC[Si](CC)(CC)C(C(C)C)C(C#N)CB(O)O. The second-order valence-electron chi connectivity index (χ2n) is 5.64. The van der Waals surface area contributed by atoms with E-state index in [1.807, 2.05) is 0 Å². The van der Waals surface area contributed by atoms with Gasteiger partial charge in [-0.05, 0) is 17.8 Å². The van der Waals surface area contributed by atoms with Gasteiger partial charge in [-0.1, -0.05) is 52.8 Å². The maximum Gasteiger partial charge on any atom is 0.452 e. The average Bonchev–Trinajstić information content (AvgIpc) is 2.33. The molecule has 0 aliphatic rings. The van der Waals surface area contributed by atoms with E-state index in [0.29, 0.717) is 11.5 Å². The van der Waals surface area contributed by atoms with Crippen LogP contribution >= 0.6 is 0 Å². The number of rotatable bonds is 8. The molecule has 2 N–H and O–H groups in total. The quantitative estimate of drug-likeness (QED) is 0.665. The summed E-state index contributed by atoms with van der Waals surface area (Å²) in [7, 11) is -2.87. The standard InChI is InChI=1S/C13H28BNO2Si/c1-6-18(7-2,8-3)13(11(4)5)12(10-15)9-14(16)17/h11-13,16-17H,6-9H2,1-5H3. The Morgan fingerprint density at radius 1 is 1.11 bits per heavy atom. The molecule has 0 rings (SSSR count). The minimum absolute atomic E-state index is 0.189. The van der Waals surface area contributed by atoms with Crippen LogP contribution in [0.5, 0.6) is 0 Å². The molecule has 0 aromatic carbocycles. The van der Waals surface area contributed by atoms with E-state index in [0.717, 1.165) is 0 Å². The van der Waals surface area contributed by atoms with Gasteiger partial charge < -0.3 is 10.0 Å². The lowest BCUT2D eigenvalue weighted by molar-refractivity contribution is 0.382. The van der Waals surface area contributed by atoms with Gasteiger partial charge in [-0.3, -0.25) is 0 Å². The van der Waals surface area contributed by atoms with Gasteiger partial charge in [-0.25, -0.2) is 0 Å². The van der Waals surface area contributed by atoms with Gasteiger partial charge in [0.15, 0.2) is 0 Å². The van der Waals surface area contributed by atoms with E-state index in [9.17, 15) is 15.3 Å². The van der Waals surface area contributed by atoms with E-state index < -0.39 is 15.2 Å². The van der Waals surface area contributed by atoms with Crippen molar-refractivity contribution in [1.29, 1.82) is 5.26 Å². The molecule has 0 aromatic rings. The van der Waals surface area contributed by atoms with Crippen LogP contribution in [0.15, 0.2) is 0 Å². The smallest absolute Gasteiger partial charge is 0.427 e. The van der Waals surface area contributed by atoms with Crippen LogP contribution in [0.2, 0.25) is 30.0 Å². The fraction of sp³-hybridized carbons (Fsp3) is 0.923. The van der Waals surface area contributed by atoms with Crippen LogP contribution in [0.25, 0.3) is 0 Å². The number of hydrogen-bond donors (Lipinski definition) is 2. The maximum absolute atomic E-state index is 9.39. The summed E-state index contributed by atoms with van der Waals surface area (Å²) < 4.78 is 0. The van der Waals surface area contributed by atoms with E-state index in [2.05, 4.69) is 40.7 Å². The topological polar surface area (TPSA) is 64.2 Å². The maximum atomic E-state index is 9.39. The van der Waals surface area contributed by atoms with Crippen LogP contribution in [0.4, 0.5) is 0 Å². The van der Waals surface area contributed by atoms with Gasteiger partial charge in [0.25, 0.3) is 0 Å². The molecule has 0 fully saturated rings. The Balaban J connectivity index is 5.32. The van der Waals surface area contributed by atoms with Crippen LogP contribution in [-0.2, 0) is 0 Å². The molecule has 0 saturated carbocycles. The van der Waals surface area contributed by atoms with Crippen LogP contribution in [0, 0.1) is 23.2 Å². The molecule has 0 saturated heterocycles. The van der Waals surface area contributed by atoms with Gasteiger partial charge >= 0.3 is 7.12 Å². The normalized spacial score (nSPS) is 15.3. The van der Waals surface area contributed by atoms with Crippen molar-refractivity contribution in [2.24, 2.45) is 11.8 Å². The molecule has 2 unspecified atom stereocenters. The molecule has 0 aliphatic heterocycles. The van der Waals surface area contributed by atoms with Gasteiger partial charge in [0, 0.05) is 5.92 Å². The third kappa shape index (κ3) is 4.11. The van der Waals surface area contributed by atoms with E-state index in [1.54, 1.807) is 0 Å². The van der Waals surface area contributed by atoms with Crippen LogP contribution < -0.4 is 0 Å². The van der Waals surface area contributed by atoms with E-state index in [-0.39, 0.29) is 12.2 Å². The first-order valence-corrected chi connectivity index (χ1v) is 9.84. The second-order valence-corrected chi connectivity index (χ2v) is 11.2. The monoisotopic (exact) mass is 269 g/mol. The van der Waals surface area contributed by atoms with Crippen molar-refractivity contribution in [3.63, 3.8) is 0 Å². The molecule has 0 radical (unpaired) electrons. The van der Waals surface area contributed by atoms with Crippen molar-refractivity contribution in [2.45, 2.75) is 64.6 Å². The molecule has 0 aliphatic carbocycles. The summed E-state index contributed by atoms with van der Waals surface area (Å²) in [5.41, 5.74) is 0.351. The second kappa shape index (κ2) is 7.98. The van der Waals surface area contributed by atoms with Crippen molar-refractivity contribution in [1.82, 2.24) is 0 Å². The van der Waals surface area contributed by atoms with E-state index >= 15 is 0 Å². The third-order valence-electron chi connectivity index (χ3n) is 4.60. The van der Waals surface area contributed by atoms with Crippen molar-refractivity contribution >= 4 is 15.2 Å². The van der Waals surface area contributed by atoms with Gasteiger partial charge in [0.2, 0.25) is 0 Å². The minimum atomic E-state index is -1.51. The highest BCUT2D eigenvalue weighted by atomic mass is 28.3. The summed E-state index contributed by atoms with van der Waals surface area (Å²) in [6.45, 7) is 11.0. The lowest BCUT2D eigenvalue weighted by Crippen LogP contribution is -2.44. The van der Waals surface area contributed by atoms with Crippen molar-refractivity contribution in [3.8, 4) is 6.07 Å². The van der Waals surface area contributed by atoms with E-state index in [1.165, 1.54) is 18.1 Å². The van der Waals surface area contributed by atoms with Gasteiger partial charge in [-0.2, -0.15) is 5.26 Å². The summed E-state index contributed by atoms with van der Waals surface area (Å²) in [5, 5.41) is 27.8. The molecule has 3 nitrogen and oxygen atoms in total. The first kappa shape index (κ1) is 17.7. The molecular weight excluding hydrogens is 241 g/mol. The van der Waals surface area contributed by atoms with Gasteiger partial charge in [0.1, 0.15) is 0 Å². The summed E-state index contributed by atoms with van der Waals surface area (Å²) in [6, 6.07) is 5.85. The Bertz CT molecular complexity index is 266. The Hall–Kier alpha value is -0.308. The fourth-order valence-electron chi connectivity index (χ4n) is 3.56. The zero-order chi connectivity index (χ0) is 14.3. The summed E-state index contributed by atoms with van der Waals surface area (Å²) in [5.74, 6) is 0.205. The van der Waals surface area contributed by atoms with Crippen molar-refractivity contribution in [3.05, 3.63) is 0 Å². The average molecular weight is 269 g/mol.